The van der Waals surface area contributed by atoms with Crippen molar-refractivity contribution in [2.24, 2.45) is 17.8 Å². The van der Waals surface area contributed by atoms with Crippen LogP contribution in [0.1, 0.15) is 25.7 Å². The standard InChI is InChI=1S/C17H17ClN2OS/c18-13-5-3-11(4-6-13)15-9-22-17(19-15)20-16(21)14-8-10-1-2-12(14)7-10/h3-6,9-10,12,14H,1-2,7-8H2,(H,19,20,21)/t10-,12-,14+/m0/s1. The normalized spacial score (nSPS) is 26.3. The van der Waals surface area contributed by atoms with E-state index in [0.29, 0.717) is 16.1 Å². The van der Waals surface area contributed by atoms with E-state index in [1.54, 1.807) is 0 Å². The fourth-order valence-corrected chi connectivity index (χ4v) is 4.70. The first kappa shape index (κ1) is 14.2. The van der Waals surface area contributed by atoms with Crippen molar-refractivity contribution in [2.45, 2.75) is 25.7 Å². The molecule has 3 atom stereocenters. The molecule has 0 saturated heterocycles. The number of aromatic nitrogens is 1. The number of hydrogen-bond acceptors (Lipinski definition) is 3. The van der Waals surface area contributed by atoms with Gasteiger partial charge < -0.3 is 5.32 Å². The maximum Gasteiger partial charge on any atom is 0.229 e. The highest BCUT2D eigenvalue weighted by atomic mass is 35.5. The van der Waals surface area contributed by atoms with Gasteiger partial charge in [0.15, 0.2) is 5.13 Å². The van der Waals surface area contributed by atoms with Crippen LogP contribution >= 0.6 is 22.9 Å². The van der Waals surface area contributed by atoms with Crippen LogP contribution in [0.25, 0.3) is 11.3 Å². The Bertz CT molecular complexity index is 697. The molecule has 0 unspecified atom stereocenters. The maximum atomic E-state index is 12.4. The largest absolute Gasteiger partial charge is 0.302 e. The molecule has 4 rings (SSSR count). The Kier molecular flexibility index (Phi) is 3.66. The molecule has 0 radical (unpaired) electrons. The van der Waals surface area contributed by atoms with Gasteiger partial charge in [0.2, 0.25) is 5.91 Å². The van der Waals surface area contributed by atoms with Gasteiger partial charge in [-0.05, 0) is 43.2 Å². The number of amides is 1. The average Bonchev–Trinajstić information content (AvgIpc) is 3.24. The summed E-state index contributed by atoms with van der Waals surface area (Å²) >= 11 is 7.38. The molecule has 2 bridgehead atoms. The van der Waals surface area contributed by atoms with Gasteiger partial charge in [0.05, 0.1) is 5.69 Å². The molecule has 2 saturated carbocycles. The lowest BCUT2D eigenvalue weighted by atomic mass is 9.88. The Morgan fingerprint density at radius 1 is 1.23 bits per heavy atom. The molecule has 1 amide bonds. The van der Waals surface area contributed by atoms with Crippen LogP contribution in [0.15, 0.2) is 29.6 Å². The molecule has 5 heteroatoms. The Hall–Kier alpha value is -1.39. The summed E-state index contributed by atoms with van der Waals surface area (Å²) in [6.45, 7) is 0. The van der Waals surface area contributed by atoms with Gasteiger partial charge in [-0.2, -0.15) is 0 Å². The topological polar surface area (TPSA) is 42.0 Å². The first-order valence-electron chi connectivity index (χ1n) is 7.71. The van der Waals surface area contributed by atoms with E-state index in [0.717, 1.165) is 23.6 Å². The first-order valence-corrected chi connectivity index (χ1v) is 8.97. The Balaban J connectivity index is 1.45. The van der Waals surface area contributed by atoms with Crippen LogP contribution in [0.5, 0.6) is 0 Å². The molecule has 3 nitrogen and oxygen atoms in total. The molecule has 1 heterocycles. The summed E-state index contributed by atoms with van der Waals surface area (Å²) < 4.78 is 0. The fraction of sp³-hybridized carbons (Fsp3) is 0.412. The number of halogens is 1. The van der Waals surface area contributed by atoms with E-state index in [1.165, 1.54) is 30.6 Å². The number of carbonyl (C=O) groups excluding carboxylic acids is 1. The summed E-state index contributed by atoms with van der Waals surface area (Å²) in [5.41, 5.74) is 1.89. The van der Waals surface area contributed by atoms with Crippen molar-refractivity contribution >= 4 is 34.0 Å². The van der Waals surface area contributed by atoms with Crippen LogP contribution in [-0.2, 0) is 4.79 Å². The number of nitrogens with one attached hydrogen (secondary N) is 1. The molecular formula is C17H17ClN2OS. The van der Waals surface area contributed by atoms with E-state index < -0.39 is 0 Å². The fourth-order valence-electron chi connectivity index (χ4n) is 3.85. The number of hydrogen-bond donors (Lipinski definition) is 1. The Labute approximate surface area is 138 Å². The van der Waals surface area contributed by atoms with Gasteiger partial charge >= 0.3 is 0 Å². The van der Waals surface area contributed by atoms with Gasteiger partial charge in [-0.1, -0.05) is 30.2 Å². The highest BCUT2D eigenvalue weighted by Gasteiger charge is 2.43. The second-order valence-electron chi connectivity index (χ2n) is 6.32. The van der Waals surface area contributed by atoms with Crippen molar-refractivity contribution in [3.05, 3.63) is 34.7 Å². The van der Waals surface area contributed by atoms with Crippen LogP contribution in [0.4, 0.5) is 5.13 Å². The number of rotatable bonds is 3. The van der Waals surface area contributed by atoms with E-state index >= 15 is 0 Å². The van der Waals surface area contributed by atoms with Crippen molar-refractivity contribution in [1.82, 2.24) is 4.98 Å². The zero-order valence-corrected chi connectivity index (χ0v) is 13.7. The summed E-state index contributed by atoms with van der Waals surface area (Å²) in [7, 11) is 0. The lowest BCUT2D eigenvalue weighted by Gasteiger charge is -2.19. The van der Waals surface area contributed by atoms with Crippen LogP contribution < -0.4 is 5.32 Å². The smallest absolute Gasteiger partial charge is 0.229 e. The van der Waals surface area contributed by atoms with Gasteiger partial charge in [0.25, 0.3) is 0 Å². The maximum absolute atomic E-state index is 12.4. The first-order chi connectivity index (χ1) is 10.7. The molecule has 2 fully saturated rings. The van der Waals surface area contributed by atoms with Crippen LogP contribution in [0.2, 0.25) is 5.02 Å². The summed E-state index contributed by atoms with van der Waals surface area (Å²) in [6, 6.07) is 7.59. The highest BCUT2D eigenvalue weighted by Crippen LogP contribution is 2.48. The van der Waals surface area contributed by atoms with Crippen LogP contribution in [0.3, 0.4) is 0 Å². The third kappa shape index (κ3) is 2.66. The number of thiazole rings is 1. The second-order valence-corrected chi connectivity index (χ2v) is 7.61. The SMILES string of the molecule is O=C(Nc1nc(-c2ccc(Cl)cc2)cs1)[C@@H]1C[C@H]2CC[C@H]1C2. The molecule has 0 aliphatic heterocycles. The van der Waals surface area contributed by atoms with Gasteiger partial charge in [0.1, 0.15) is 0 Å². The quantitative estimate of drug-likeness (QED) is 0.874. The molecule has 114 valence electrons. The molecule has 2 aliphatic rings. The van der Waals surface area contributed by atoms with E-state index in [2.05, 4.69) is 10.3 Å². The van der Waals surface area contributed by atoms with E-state index in [-0.39, 0.29) is 11.8 Å². The van der Waals surface area contributed by atoms with Crippen molar-refractivity contribution in [3.63, 3.8) is 0 Å². The summed E-state index contributed by atoms with van der Waals surface area (Å²) in [4.78, 5) is 17.0. The van der Waals surface area contributed by atoms with Gasteiger partial charge in [-0.25, -0.2) is 4.98 Å². The van der Waals surface area contributed by atoms with Crippen LogP contribution in [0, 0.1) is 17.8 Å². The summed E-state index contributed by atoms with van der Waals surface area (Å²) in [6.07, 6.45) is 4.83. The lowest BCUT2D eigenvalue weighted by Crippen LogP contribution is -2.27. The molecule has 1 N–H and O–H groups in total. The molecule has 1 aromatic heterocycles. The van der Waals surface area contributed by atoms with E-state index in [9.17, 15) is 4.79 Å². The number of fused-ring (bicyclic) bond motifs is 2. The van der Waals surface area contributed by atoms with Gasteiger partial charge in [-0.3, -0.25) is 4.79 Å². The third-order valence-electron chi connectivity index (χ3n) is 4.95. The predicted molar refractivity (Wildman–Crippen MR) is 90.1 cm³/mol. The average molecular weight is 333 g/mol. The van der Waals surface area contributed by atoms with Crippen LogP contribution in [-0.4, -0.2) is 10.9 Å². The summed E-state index contributed by atoms with van der Waals surface area (Å²) in [5.74, 6) is 1.73. The molecule has 22 heavy (non-hydrogen) atoms. The zero-order chi connectivity index (χ0) is 15.1. The van der Waals surface area contributed by atoms with E-state index in [4.69, 9.17) is 11.6 Å². The number of nitrogens with zero attached hydrogens (tertiary/aromatic N) is 1. The second kappa shape index (κ2) is 5.67. The van der Waals surface area contributed by atoms with Gasteiger partial charge in [-0.15, -0.1) is 11.3 Å². The number of benzene rings is 1. The van der Waals surface area contributed by atoms with E-state index in [1.807, 2.05) is 29.6 Å². The minimum atomic E-state index is 0.157. The Morgan fingerprint density at radius 2 is 2.05 bits per heavy atom. The molecule has 1 aromatic carbocycles. The molecule has 0 spiro atoms. The summed E-state index contributed by atoms with van der Waals surface area (Å²) in [5, 5.41) is 6.39. The predicted octanol–water partition coefficient (Wildman–Crippen LogP) is 4.84. The third-order valence-corrected chi connectivity index (χ3v) is 5.96. The van der Waals surface area contributed by atoms with Crippen molar-refractivity contribution in [2.75, 3.05) is 5.32 Å². The Morgan fingerprint density at radius 3 is 2.73 bits per heavy atom. The molecule has 2 aliphatic carbocycles. The minimum absolute atomic E-state index is 0.157. The molecule has 2 aromatic rings. The van der Waals surface area contributed by atoms with Gasteiger partial charge in [0, 0.05) is 21.9 Å². The van der Waals surface area contributed by atoms with Crippen molar-refractivity contribution in [1.29, 1.82) is 0 Å². The zero-order valence-electron chi connectivity index (χ0n) is 12.1. The highest BCUT2D eigenvalue weighted by molar-refractivity contribution is 7.14. The minimum Gasteiger partial charge on any atom is -0.302 e. The monoisotopic (exact) mass is 332 g/mol. The van der Waals surface area contributed by atoms with Crippen molar-refractivity contribution < 1.29 is 4.79 Å². The van der Waals surface area contributed by atoms with Crippen molar-refractivity contribution in [3.8, 4) is 11.3 Å². The number of carbonyl (C=O) groups is 1. The number of anilines is 1. The molecular weight excluding hydrogens is 316 g/mol. The lowest BCUT2D eigenvalue weighted by molar-refractivity contribution is -0.121.